The van der Waals surface area contributed by atoms with E-state index < -0.39 is 0 Å². The van der Waals surface area contributed by atoms with Crippen LogP contribution in [0.4, 0.5) is 11.6 Å². The Morgan fingerprint density at radius 1 is 1.32 bits per heavy atom. The van der Waals surface area contributed by atoms with E-state index in [1.165, 1.54) is 12.5 Å². The molecule has 0 spiro atoms. The predicted molar refractivity (Wildman–Crippen MR) is 93.7 cm³/mol. The summed E-state index contributed by atoms with van der Waals surface area (Å²) in [7, 11) is 0. The number of aromatic nitrogens is 4. The van der Waals surface area contributed by atoms with Crippen LogP contribution >= 0.6 is 0 Å². The van der Waals surface area contributed by atoms with Crippen LogP contribution in [0.25, 0.3) is 0 Å². The van der Waals surface area contributed by atoms with Crippen molar-refractivity contribution in [3.63, 3.8) is 0 Å². The van der Waals surface area contributed by atoms with Gasteiger partial charge in [-0.25, -0.2) is 5.10 Å². The molecule has 2 aliphatic rings. The van der Waals surface area contributed by atoms with Crippen molar-refractivity contribution in [3.05, 3.63) is 39.8 Å². The molecule has 8 nitrogen and oxygen atoms in total. The number of anilines is 2. The monoisotopic (exact) mass is 342 g/mol. The van der Waals surface area contributed by atoms with E-state index in [1.807, 2.05) is 6.07 Å². The van der Waals surface area contributed by atoms with Crippen molar-refractivity contribution in [3.8, 4) is 0 Å². The fraction of sp³-hybridized carbons (Fsp3) is 0.529. The number of rotatable bonds is 4. The van der Waals surface area contributed by atoms with Gasteiger partial charge in [0.05, 0.1) is 18.9 Å². The molecule has 0 saturated carbocycles. The van der Waals surface area contributed by atoms with Crippen molar-refractivity contribution < 1.29 is 4.74 Å². The highest BCUT2D eigenvalue weighted by Crippen LogP contribution is 2.23. The van der Waals surface area contributed by atoms with Crippen LogP contribution in [-0.2, 0) is 17.8 Å². The van der Waals surface area contributed by atoms with Crippen molar-refractivity contribution in [2.45, 2.75) is 38.3 Å². The summed E-state index contributed by atoms with van der Waals surface area (Å²) in [5.74, 6) is 1.60. The van der Waals surface area contributed by atoms with E-state index in [0.717, 1.165) is 61.9 Å². The maximum Gasteiger partial charge on any atom is 0.264 e. The van der Waals surface area contributed by atoms with Crippen LogP contribution in [0.3, 0.4) is 0 Å². The molecule has 25 heavy (non-hydrogen) atoms. The summed E-state index contributed by atoms with van der Waals surface area (Å²) in [6, 6.07) is 5.65. The highest BCUT2D eigenvalue weighted by atomic mass is 16.5. The fourth-order valence-corrected chi connectivity index (χ4v) is 3.46. The predicted octanol–water partition coefficient (Wildman–Crippen LogP) is 1.10. The number of hydrogen-bond acceptors (Lipinski definition) is 7. The third-order valence-electron chi connectivity index (χ3n) is 4.81. The van der Waals surface area contributed by atoms with E-state index in [9.17, 15) is 4.79 Å². The molecule has 0 aliphatic carbocycles. The lowest BCUT2D eigenvalue weighted by Gasteiger charge is -2.36. The first-order valence-electron chi connectivity index (χ1n) is 8.79. The minimum absolute atomic E-state index is 0.179. The minimum atomic E-state index is -0.179. The number of fused-ring (bicyclic) bond motifs is 1. The van der Waals surface area contributed by atoms with Gasteiger partial charge in [0.25, 0.3) is 5.56 Å². The number of piperidine rings is 1. The van der Waals surface area contributed by atoms with Gasteiger partial charge in [0.1, 0.15) is 11.6 Å². The Morgan fingerprint density at radius 2 is 2.28 bits per heavy atom. The van der Waals surface area contributed by atoms with Crippen molar-refractivity contribution in [1.82, 2.24) is 20.4 Å². The van der Waals surface area contributed by atoms with Gasteiger partial charge in [-0.1, -0.05) is 0 Å². The summed E-state index contributed by atoms with van der Waals surface area (Å²) in [4.78, 5) is 13.5. The zero-order valence-corrected chi connectivity index (χ0v) is 14.1. The Bertz CT molecular complexity index is 772. The van der Waals surface area contributed by atoms with E-state index in [2.05, 4.69) is 30.6 Å². The van der Waals surface area contributed by atoms with Gasteiger partial charge in [-0.3, -0.25) is 4.79 Å². The second-order valence-corrected chi connectivity index (χ2v) is 6.51. The Kier molecular flexibility index (Phi) is 4.60. The van der Waals surface area contributed by atoms with Crippen LogP contribution in [0.5, 0.6) is 0 Å². The molecule has 0 radical (unpaired) electrons. The molecule has 0 amide bonds. The number of nitrogens with one attached hydrogen (secondary N) is 2. The number of H-pyrrole nitrogens is 1. The van der Waals surface area contributed by atoms with Gasteiger partial charge in [-0.15, -0.1) is 5.10 Å². The fourth-order valence-electron chi connectivity index (χ4n) is 3.46. The van der Waals surface area contributed by atoms with Gasteiger partial charge in [0.15, 0.2) is 0 Å². The quantitative estimate of drug-likeness (QED) is 0.859. The highest BCUT2D eigenvalue weighted by Gasteiger charge is 2.24. The zero-order valence-electron chi connectivity index (χ0n) is 14.1. The number of nitrogens with zero attached hydrogens (tertiary/aromatic N) is 4. The SMILES string of the molecule is O=c1ccc(N2CCCCC2CNc2cc3c(nn2)CCOC3)n[nH]1. The summed E-state index contributed by atoms with van der Waals surface area (Å²) >= 11 is 0. The summed E-state index contributed by atoms with van der Waals surface area (Å²) in [5, 5.41) is 18.7. The van der Waals surface area contributed by atoms with Crippen molar-refractivity contribution in [2.75, 3.05) is 29.9 Å². The van der Waals surface area contributed by atoms with Crippen molar-refractivity contribution >= 4 is 11.6 Å². The molecule has 4 heterocycles. The first-order valence-corrected chi connectivity index (χ1v) is 8.79. The number of ether oxygens (including phenoxy) is 1. The normalized spacial score (nSPS) is 20.2. The molecule has 1 atom stereocenters. The van der Waals surface area contributed by atoms with Gasteiger partial charge in [-0.2, -0.15) is 10.2 Å². The molecule has 1 unspecified atom stereocenters. The van der Waals surface area contributed by atoms with Gasteiger partial charge >= 0.3 is 0 Å². The molecule has 2 aliphatic heterocycles. The van der Waals surface area contributed by atoms with E-state index in [1.54, 1.807) is 6.07 Å². The Labute approximate surface area is 145 Å². The van der Waals surface area contributed by atoms with Crippen LogP contribution in [-0.4, -0.2) is 46.1 Å². The molecule has 4 rings (SSSR count). The molecule has 132 valence electrons. The van der Waals surface area contributed by atoms with Crippen molar-refractivity contribution in [2.24, 2.45) is 0 Å². The van der Waals surface area contributed by atoms with Gasteiger partial charge in [0, 0.05) is 37.2 Å². The second-order valence-electron chi connectivity index (χ2n) is 6.51. The first kappa shape index (κ1) is 16.0. The third kappa shape index (κ3) is 3.63. The van der Waals surface area contributed by atoms with Crippen LogP contribution < -0.4 is 15.8 Å². The molecule has 2 aromatic rings. The molecular weight excluding hydrogens is 320 g/mol. The van der Waals surface area contributed by atoms with E-state index in [0.29, 0.717) is 12.6 Å². The molecule has 1 saturated heterocycles. The summed E-state index contributed by atoms with van der Waals surface area (Å²) in [5.41, 5.74) is 1.97. The van der Waals surface area contributed by atoms with Gasteiger partial charge < -0.3 is 15.0 Å². The lowest BCUT2D eigenvalue weighted by molar-refractivity contribution is 0.109. The maximum atomic E-state index is 11.2. The zero-order chi connectivity index (χ0) is 17.1. The Balaban J connectivity index is 1.45. The summed E-state index contributed by atoms with van der Waals surface area (Å²) in [6.07, 6.45) is 4.23. The topological polar surface area (TPSA) is 96.0 Å². The van der Waals surface area contributed by atoms with E-state index in [-0.39, 0.29) is 5.56 Å². The number of hydrogen-bond donors (Lipinski definition) is 2. The van der Waals surface area contributed by atoms with Crippen LogP contribution in [0, 0.1) is 0 Å². The molecular formula is C17H22N6O2. The standard InChI is InChI=1S/C17H22N6O2/c24-17-5-4-16(21-22-17)23-7-2-1-3-13(23)10-18-15-9-12-11-25-8-6-14(12)19-20-15/h4-5,9,13H,1-3,6-8,10-11H2,(H,18,20)(H,22,24). The van der Waals surface area contributed by atoms with Gasteiger partial charge in [0.2, 0.25) is 0 Å². The lowest BCUT2D eigenvalue weighted by Crippen LogP contribution is -2.44. The van der Waals surface area contributed by atoms with E-state index in [4.69, 9.17) is 4.74 Å². The summed E-state index contributed by atoms with van der Waals surface area (Å²) in [6.45, 7) is 3.03. The Morgan fingerprint density at radius 3 is 3.16 bits per heavy atom. The second kappa shape index (κ2) is 7.18. The molecule has 0 aromatic carbocycles. The molecule has 2 N–H and O–H groups in total. The van der Waals surface area contributed by atoms with Crippen molar-refractivity contribution in [1.29, 1.82) is 0 Å². The molecule has 0 bridgehead atoms. The Hall–Kier alpha value is -2.48. The summed E-state index contributed by atoms with van der Waals surface area (Å²) < 4.78 is 5.49. The molecule has 1 fully saturated rings. The smallest absolute Gasteiger partial charge is 0.264 e. The molecule has 2 aromatic heterocycles. The maximum absolute atomic E-state index is 11.2. The van der Waals surface area contributed by atoms with Crippen LogP contribution in [0.2, 0.25) is 0 Å². The largest absolute Gasteiger partial charge is 0.376 e. The number of aromatic amines is 1. The lowest BCUT2D eigenvalue weighted by atomic mass is 10.0. The average molecular weight is 342 g/mol. The molecule has 8 heteroatoms. The average Bonchev–Trinajstić information content (AvgIpc) is 2.67. The highest BCUT2D eigenvalue weighted by molar-refractivity contribution is 5.42. The first-order chi connectivity index (χ1) is 12.3. The minimum Gasteiger partial charge on any atom is -0.376 e. The van der Waals surface area contributed by atoms with Crippen LogP contribution in [0.15, 0.2) is 23.0 Å². The van der Waals surface area contributed by atoms with E-state index >= 15 is 0 Å². The van der Waals surface area contributed by atoms with Crippen LogP contribution in [0.1, 0.15) is 30.5 Å². The van der Waals surface area contributed by atoms with Gasteiger partial charge in [-0.05, 0) is 31.4 Å². The third-order valence-corrected chi connectivity index (χ3v) is 4.81.